The summed E-state index contributed by atoms with van der Waals surface area (Å²) in [7, 11) is 0. The number of nitrogens with zero attached hydrogens (tertiary/aromatic N) is 1. The molecule has 29 heavy (non-hydrogen) atoms. The molecule has 2 heterocycles. The van der Waals surface area contributed by atoms with E-state index in [0.29, 0.717) is 15.6 Å². The minimum absolute atomic E-state index is 0.0218. The van der Waals surface area contributed by atoms with Gasteiger partial charge in [0.25, 0.3) is 5.56 Å². The van der Waals surface area contributed by atoms with Gasteiger partial charge in [-0.15, -0.1) is 0 Å². The van der Waals surface area contributed by atoms with E-state index >= 15 is 0 Å². The van der Waals surface area contributed by atoms with E-state index in [1.807, 2.05) is 4.98 Å². The minimum Gasteiger partial charge on any atom is -0.460 e. The molecule has 8 nitrogen and oxygen atoms in total. The van der Waals surface area contributed by atoms with Gasteiger partial charge in [0, 0.05) is 23.4 Å². The summed E-state index contributed by atoms with van der Waals surface area (Å²) in [5.41, 5.74) is -1.26. The lowest BCUT2D eigenvalue weighted by Crippen LogP contribution is -2.34. The number of rotatable bonds is 6. The average Bonchev–Trinajstić information content (AvgIpc) is 3.01. The van der Waals surface area contributed by atoms with Crippen molar-refractivity contribution in [1.82, 2.24) is 9.55 Å². The molecule has 0 aliphatic carbocycles. The molecule has 1 N–H and O–H groups in total. The fourth-order valence-corrected chi connectivity index (χ4v) is 3.42. The number of benzene rings is 1. The Bertz CT molecular complexity index is 1020. The fourth-order valence-electron chi connectivity index (χ4n) is 2.96. The zero-order valence-corrected chi connectivity index (χ0v) is 16.7. The van der Waals surface area contributed by atoms with Crippen LogP contribution in [-0.2, 0) is 25.6 Å². The number of ether oxygens (including phenoxy) is 3. The van der Waals surface area contributed by atoms with E-state index in [9.17, 15) is 18.8 Å². The topological polar surface area (TPSA) is 99.6 Å². The van der Waals surface area contributed by atoms with Crippen LogP contribution in [0.15, 0.2) is 34.0 Å². The predicted octanol–water partition coefficient (Wildman–Crippen LogP) is 2.42. The molecule has 0 spiro atoms. The van der Waals surface area contributed by atoms with Crippen molar-refractivity contribution in [3.8, 4) is 0 Å². The summed E-state index contributed by atoms with van der Waals surface area (Å²) in [5, 5.41) is 0.934. The van der Waals surface area contributed by atoms with Crippen LogP contribution in [0, 0.1) is 5.82 Å². The number of hydrogen-bond donors (Lipinski definition) is 1. The van der Waals surface area contributed by atoms with Gasteiger partial charge in [-0.05, 0) is 17.7 Å². The quantitative estimate of drug-likeness (QED) is 0.683. The van der Waals surface area contributed by atoms with Gasteiger partial charge < -0.3 is 14.2 Å². The highest BCUT2D eigenvalue weighted by atomic mass is 35.5. The fraction of sp³-hybridized carbons (Fsp3) is 0.389. The van der Waals surface area contributed by atoms with Crippen LogP contribution in [0.3, 0.4) is 0 Å². The normalized spacial score (nSPS) is 21.3. The van der Waals surface area contributed by atoms with Crippen molar-refractivity contribution in [2.24, 2.45) is 0 Å². The van der Waals surface area contributed by atoms with Crippen molar-refractivity contribution in [1.29, 1.82) is 0 Å². The Labute approximate surface area is 174 Å². The molecule has 0 bridgehead atoms. The molecule has 0 unspecified atom stereocenters. The summed E-state index contributed by atoms with van der Waals surface area (Å²) in [6.45, 7) is 1.42. The second-order valence-corrected chi connectivity index (χ2v) is 7.25. The van der Waals surface area contributed by atoms with Crippen molar-refractivity contribution in [3.63, 3.8) is 0 Å². The zero-order chi connectivity index (χ0) is 21.1. The van der Waals surface area contributed by atoms with Crippen molar-refractivity contribution in [2.45, 2.75) is 38.4 Å². The monoisotopic (exact) mass is 446 g/mol. The molecule has 0 amide bonds. The Morgan fingerprint density at radius 3 is 2.83 bits per heavy atom. The van der Waals surface area contributed by atoms with Gasteiger partial charge in [-0.1, -0.05) is 29.3 Å². The van der Waals surface area contributed by atoms with E-state index < -0.39 is 41.5 Å². The van der Waals surface area contributed by atoms with E-state index in [1.54, 1.807) is 18.2 Å². The zero-order valence-electron chi connectivity index (χ0n) is 15.2. The van der Waals surface area contributed by atoms with E-state index in [1.165, 1.54) is 6.92 Å². The third kappa shape index (κ3) is 5.24. The summed E-state index contributed by atoms with van der Waals surface area (Å²) < 4.78 is 31.1. The van der Waals surface area contributed by atoms with Crippen LogP contribution >= 0.6 is 23.2 Å². The molecule has 0 radical (unpaired) electrons. The van der Waals surface area contributed by atoms with E-state index in [4.69, 9.17) is 37.4 Å². The average molecular weight is 447 g/mol. The summed E-state index contributed by atoms with van der Waals surface area (Å²) in [6.07, 6.45) is -1.53. The number of carbonyl (C=O) groups excluding carboxylic acids is 1. The summed E-state index contributed by atoms with van der Waals surface area (Å²) in [4.78, 5) is 36.5. The molecule has 1 aliphatic heterocycles. The first-order valence-corrected chi connectivity index (χ1v) is 9.35. The number of carbonyl (C=O) groups is 1. The molecule has 11 heteroatoms. The molecule has 0 saturated carbocycles. The van der Waals surface area contributed by atoms with Crippen LogP contribution in [0.4, 0.5) is 4.39 Å². The van der Waals surface area contributed by atoms with Gasteiger partial charge in [-0.3, -0.25) is 19.1 Å². The second kappa shape index (κ2) is 9.08. The number of esters is 1. The number of aromatic nitrogens is 2. The summed E-state index contributed by atoms with van der Waals surface area (Å²) >= 11 is 12.0. The Kier molecular flexibility index (Phi) is 6.74. The number of aromatic amines is 1. The van der Waals surface area contributed by atoms with Gasteiger partial charge in [-0.2, -0.15) is 4.39 Å². The maximum Gasteiger partial charge on any atom is 0.330 e. The first-order chi connectivity index (χ1) is 13.7. The van der Waals surface area contributed by atoms with Gasteiger partial charge in [0.1, 0.15) is 18.4 Å². The molecule has 2 aromatic rings. The van der Waals surface area contributed by atoms with Gasteiger partial charge >= 0.3 is 11.7 Å². The lowest BCUT2D eigenvalue weighted by molar-refractivity contribution is -0.151. The molecule has 1 fully saturated rings. The van der Waals surface area contributed by atoms with Gasteiger partial charge in [0.2, 0.25) is 5.82 Å². The lowest BCUT2D eigenvalue weighted by Gasteiger charge is -2.18. The van der Waals surface area contributed by atoms with Crippen LogP contribution < -0.4 is 11.2 Å². The predicted molar refractivity (Wildman–Crippen MR) is 101 cm³/mol. The van der Waals surface area contributed by atoms with Crippen molar-refractivity contribution < 1.29 is 23.4 Å². The summed E-state index contributed by atoms with van der Waals surface area (Å²) in [5.74, 6) is -1.67. The molecular formula is C18H17Cl2FN2O6. The number of H-pyrrole nitrogens is 1. The number of nitrogens with one attached hydrogen (secondary N) is 1. The second-order valence-electron chi connectivity index (χ2n) is 6.41. The van der Waals surface area contributed by atoms with Crippen LogP contribution in [0.2, 0.25) is 10.0 Å². The molecule has 1 aromatic heterocycles. The van der Waals surface area contributed by atoms with Gasteiger partial charge in [0.05, 0.1) is 19.4 Å². The SMILES string of the molecule is CC(=O)O[C@H]1C[C@H](n2cc(F)c(=O)[nH]c2=O)O[C@@H]1COCc1ccc(Cl)cc1Cl. The third-order valence-corrected chi connectivity index (χ3v) is 4.87. The molecule has 1 aromatic carbocycles. The van der Waals surface area contributed by atoms with E-state index in [0.717, 1.165) is 10.8 Å². The number of hydrogen-bond acceptors (Lipinski definition) is 6. The Balaban J connectivity index is 1.71. The number of halogens is 3. The van der Waals surface area contributed by atoms with Gasteiger partial charge in [-0.25, -0.2) is 4.79 Å². The van der Waals surface area contributed by atoms with Crippen LogP contribution in [0.1, 0.15) is 25.1 Å². The van der Waals surface area contributed by atoms with Crippen LogP contribution in [0.5, 0.6) is 0 Å². The maximum absolute atomic E-state index is 13.6. The maximum atomic E-state index is 13.6. The molecule has 3 atom stereocenters. The Morgan fingerprint density at radius 2 is 2.14 bits per heavy atom. The molecule has 3 rings (SSSR count). The molecule has 156 valence electrons. The van der Waals surface area contributed by atoms with Crippen molar-refractivity contribution in [2.75, 3.05) is 6.61 Å². The molecule has 1 saturated heterocycles. The minimum atomic E-state index is -1.13. The highest BCUT2D eigenvalue weighted by Crippen LogP contribution is 2.30. The highest BCUT2D eigenvalue weighted by molar-refractivity contribution is 6.35. The van der Waals surface area contributed by atoms with Crippen LogP contribution in [0.25, 0.3) is 0 Å². The molecular weight excluding hydrogens is 430 g/mol. The smallest absolute Gasteiger partial charge is 0.330 e. The van der Waals surface area contributed by atoms with Crippen LogP contribution in [-0.4, -0.2) is 34.3 Å². The summed E-state index contributed by atoms with van der Waals surface area (Å²) in [6, 6.07) is 4.98. The van der Waals surface area contributed by atoms with Gasteiger partial charge in [0.15, 0.2) is 0 Å². The van der Waals surface area contributed by atoms with Crippen molar-refractivity contribution in [3.05, 3.63) is 66.7 Å². The Hall–Kier alpha value is -2.20. The highest BCUT2D eigenvalue weighted by Gasteiger charge is 2.39. The molecule has 1 aliphatic rings. The van der Waals surface area contributed by atoms with Crippen molar-refractivity contribution >= 4 is 29.2 Å². The lowest BCUT2D eigenvalue weighted by atomic mass is 10.2. The third-order valence-electron chi connectivity index (χ3n) is 4.29. The first-order valence-electron chi connectivity index (χ1n) is 8.60. The standard InChI is InChI=1S/C18H17Cl2FN2O6/c1-9(24)28-14-5-16(23-6-13(21)17(25)22-18(23)26)29-15(14)8-27-7-10-2-3-11(19)4-12(10)20/h2-4,6,14-16H,5,7-8H2,1H3,(H,22,25,26)/t14-,15+,16+/m0/s1. The largest absolute Gasteiger partial charge is 0.460 e. The van der Waals surface area contributed by atoms with E-state index in [-0.39, 0.29) is 19.6 Å². The van der Waals surface area contributed by atoms with E-state index in [2.05, 4.69) is 0 Å². The Morgan fingerprint density at radius 1 is 1.38 bits per heavy atom. The first kappa shape index (κ1) is 21.5.